The van der Waals surface area contributed by atoms with Crippen LogP contribution in [0.25, 0.3) is 10.3 Å². The number of aromatic nitrogens is 2. The Labute approximate surface area is 112 Å². The maximum absolute atomic E-state index is 12.0. The molecular weight excluding hydrogens is 324 g/mol. The second-order valence-corrected chi connectivity index (χ2v) is 8.28. The summed E-state index contributed by atoms with van der Waals surface area (Å²) in [5, 5.41) is 0. The fraction of sp³-hybridized carbons (Fsp3) is 0.400. The molecular formula is C10H11BrN2O2S2. The summed E-state index contributed by atoms with van der Waals surface area (Å²) >= 11 is 4.47. The number of nitrogens with zero attached hydrogens (tertiary/aromatic N) is 2. The van der Waals surface area contributed by atoms with E-state index in [-0.39, 0.29) is 16.0 Å². The van der Waals surface area contributed by atoms with Crippen molar-refractivity contribution in [3.8, 4) is 0 Å². The van der Waals surface area contributed by atoms with Crippen molar-refractivity contribution in [2.75, 3.05) is 5.75 Å². The first kappa shape index (κ1) is 12.9. The number of rotatable bonds is 3. The molecule has 92 valence electrons. The first-order chi connectivity index (χ1) is 7.88. The molecule has 2 rings (SSSR count). The lowest BCUT2D eigenvalue weighted by molar-refractivity contribution is 0.582. The van der Waals surface area contributed by atoms with Crippen molar-refractivity contribution in [3.05, 3.63) is 16.7 Å². The van der Waals surface area contributed by atoms with Crippen LogP contribution in [-0.2, 0) is 9.84 Å². The van der Waals surface area contributed by atoms with Crippen LogP contribution >= 0.6 is 27.3 Å². The van der Waals surface area contributed by atoms with Gasteiger partial charge in [0.15, 0.2) is 5.65 Å². The number of hydrogen-bond donors (Lipinski definition) is 0. The van der Waals surface area contributed by atoms with Gasteiger partial charge in [0.1, 0.15) is 0 Å². The van der Waals surface area contributed by atoms with Crippen molar-refractivity contribution in [1.82, 2.24) is 9.97 Å². The predicted octanol–water partition coefficient (Wildman–Crippen LogP) is 2.88. The zero-order valence-corrected chi connectivity index (χ0v) is 12.6. The van der Waals surface area contributed by atoms with E-state index >= 15 is 0 Å². The Morgan fingerprint density at radius 2 is 2.18 bits per heavy atom. The van der Waals surface area contributed by atoms with Gasteiger partial charge in [0.25, 0.3) is 0 Å². The van der Waals surface area contributed by atoms with Crippen molar-refractivity contribution < 1.29 is 8.42 Å². The van der Waals surface area contributed by atoms with E-state index in [1.165, 1.54) is 11.3 Å². The zero-order chi connectivity index (χ0) is 12.6. The van der Waals surface area contributed by atoms with Gasteiger partial charge in [0, 0.05) is 10.7 Å². The average Bonchev–Trinajstić information content (AvgIpc) is 2.58. The van der Waals surface area contributed by atoms with Gasteiger partial charge in [-0.25, -0.2) is 18.4 Å². The molecule has 0 radical (unpaired) electrons. The van der Waals surface area contributed by atoms with Gasteiger partial charge in [-0.3, -0.25) is 0 Å². The van der Waals surface area contributed by atoms with E-state index in [4.69, 9.17) is 0 Å². The van der Waals surface area contributed by atoms with Crippen LogP contribution in [0.3, 0.4) is 0 Å². The second kappa shape index (κ2) is 4.62. The van der Waals surface area contributed by atoms with Gasteiger partial charge in [0.05, 0.1) is 10.5 Å². The Morgan fingerprint density at radius 1 is 1.47 bits per heavy atom. The summed E-state index contributed by atoms with van der Waals surface area (Å²) in [5.41, 5.74) is 0.487. The summed E-state index contributed by atoms with van der Waals surface area (Å²) < 4.78 is 25.8. The Bertz CT molecular complexity index is 649. The molecule has 2 aromatic heterocycles. The number of thiazole rings is 1. The van der Waals surface area contributed by atoms with Crippen LogP contribution in [0.1, 0.15) is 13.8 Å². The first-order valence-electron chi connectivity index (χ1n) is 5.03. The van der Waals surface area contributed by atoms with E-state index in [1.54, 1.807) is 6.20 Å². The highest BCUT2D eigenvalue weighted by molar-refractivity contribution is 9.10. The third-order valence-corrected chi connectivity index (χ3v) is 5.97. The van der Waals surface area contributed by atoms with Gasteiger partial charge in [-0.05, 0) is 27.9 Å². The molecule has 0 aliphatic rings. The smallest absolute Gasteiger partial charge is 0.211 e. The lowest BCUT2D eigenvalue weighted by Gasteiger charge is -2.02. The fourth-order valence-electron chi connectivity index (χ4n) is 1.42. The van der Waals surface area contributed by atoms with Crippen molar-refractivity contribution in [2.45, 2.75) is 18.2 Å². The molecule has 0 unspecified atom stereocenters. The van der Waals surface area contributed by atoms with Gasteiger partial charge in [-0.1, -0.05) is 13.8 Å². The van der Waals surface area contributed by atoms with Crippen molar-refractivity contribution in [2.24, 2.45) is 5.92 Å². The highest BCUT2D eigenvalue weighted by Crippen LogP contribution is 2.27. The molecule has 0 aromatic carbocycles. The molecule has 0 fully saturated rings. The highest BCUT2D eigenvalue weighted by Gasteiger charge is 2.21. The lowest BCUT2D eigenvalue weighted by atomic mass is 10.3. The molecule has 0 amide bonds. The van der Waals surface area contributed by atoms with E-state index in [0.717, 1.165) is 9.17 Å². The van der Waals surface area contributed by atoms with Crippen LogP contribution in [0.2, 0.25) is 0 Å². The monoisotopic (exact) mass is 334 g/mol. The van der Waals surface area contributed by atoms with Crippen molar-refractivity contribution in [3.63, 3.8) is 0 Å². The van der Waals surface area contributed by atoms with Crippen molar-refractivity contribution in [1.29, 1.82) is 0 Å². The minimum Gasteiger partial charge on any atom is -0.235 e. The normalized spacial score (nSPS) is 12.5. The molecule has 2 heterocycles. The van der Waals surface area contributed by atoms with Crippen LogP contribution in [0.5, 0.6) is 0 Å². The molecule has 0 N–H and O–H groups in total. The molecule has 17 heavy (non-hydrogen) atoms. The molecule has 7 heteroatoms. The summed E-state index contributed by atoms with van der Waals surface area (Å²) in [6.07, 6.45) is 1.61. The van der Waals surface area contributed by atoms with Gasteiger partial charge in [-0.2, -0.15) is 0 Å². The van der Waals surface area contributed by atoms with Crippen molar-refractivity contribution >= 4 is 47.5 Å². The quantitative estimate of drug-likeness (QED) is 0.865. The molecule has 0 aliphatic heterocycles. The first-order valence-corrected chi connectivity index (χ1v) is 8.29. The Balaban J connectivity index is 2.50. The molecule has 0 saturated carbocycles. The number of fused-ring (bicyclic) bond motifs is 1. The molecule has 0 atom stereocenters. The van der Waals surface area contributed by atoms with Crippen LogP contribution in [-0.4, -0.2) is 24.1 Å². The minimum atomic E-state index is -3.28. The third kappa shape index (κ3) is 2.83. The molecule has 0 aliphatic carbocycles. The van der Waals surface area contributed by atoms with Gasteiger partial charge in [-0.15, -0.1) is 11.3 Å². The number of halogens is 1. The number of hydrogen-bond acceptors (Lipinski definition) is 5. The van der Waals surface area contributed by atoms with Crippen LogP contribution < -0.4 is 0 Å². The lowest BCUT2D eigenvalue weighted by Crippen LogP contribution is -2.11. The predicted molar refractivity (Wildman–Crippen MR) is 72.0 cm³/mol. The largest absolute Gasteiger partial charge is 0.235 e. The Kier molecular flexibility index (Phi) is 3.51. The van der Waals surface area contributed by atoms with E-state index in [9.17, 15) is 8.42 Å². The standard InChI is InChI=1S/C10H11BrN2O2S2/c1-6(2)5-17(14,15)10-13-9-8(16-10)3-7(11)4-12-9/h3-4,6H,5H2,1-2H3. The summed E-state index contributed by atoms with van der Waals surface area (Å²) in [6.45, 7) is 3.75. The summed E-state index contributed by atoms with van der Waals surface area (Å²) in [6, 6.07) is 1.83. The average molecular weight is 335 g/mol. The fourth-order valence-corrected chi connectivity index (χ4v) is 4.82. The molecule has 2 aromatic rings. The third-order valence-electron chi connectivity index (χ3n) is 2.01. The van der Waals surface area contributed by atoms with Crippen LogP contribution in [0.4, 0.5) is 0 Å². The SMILES string of the molecule is CC(C)CS(=O)(=O)c1nc2ncc(Br)cc2s1. The van der Waals surface area contributed by atoms with E-state index in [1.807, 2.05) is 19.9 Å². The topological polar surface area (TPSA) is 59.9 Å². The maximum atomic E-state index is 12.0. The second-order valence-electron chi connectivity index (χ2n) is 4.13. The molecule has 0 bridgehead atoms. The molecule has 0 spiro atoms. The Morgan fingerprint density at radius 3 is 2.82 bits per heavy atom. The number of pyridine rings is 1. The van der Waals surface area contributed by atoms with Crippen LogP contribution in [0, 0.1) is 5.92 Å². The van der Waals surface area contributed by atoms with E-state index in [2.05, 4.69) is 25.9 Å². The zero-order valence-electron chi connectivity index (χ0n) is 9.34. The summed E-state index contributed by atoms with van der Waals surface area (Å²) in [5.74, 6) is 0.209. The molecule has 4 nitrogen and oxygen atoms in total. The molecule has 0 saturated heterocycles. The van der Waals surface area contributed by atoms with Crippen LogP contribution in [0.15, 0.2) is 21.1 Å². The van der Waals surface area contributed by atoms with E-state index < -0.39 is 9.84 Å². The minimum absolute atomic E-state index is 0.0895. The summed E-state index contributed by atoms with van der Waals surface area (Å²) in [7, 11) is -3.28. The number of sulfone groups is 1. The van der Waals surface area contributed by atoms with E-state index in [0.29, 0.717) is 5.65 Å². The van der Waals surface area contributed by atoms with Gasteiger partial charge >= 0.3 is 0 Å². The Hall–Kier alpha value is -0.530. The summed E-state index contributed by atoms with van der Waals surface area (Å²) in [4.78, 5) is 8.16. The van der Waals surface area contributed by atoms with Gasteiger partial charge < -0.3 is 0 Å². The highest BCUT2D eigenvalue weighted by atomic mass is 79.9. The maximum Gasteiger partial charge on any atom is 0.211 e. The van der Waals surface area contributed by atoms with Gasteiger partial charge in [0.2, 0.25) is 14.2 Å².